The van der Waals surface area contributed by atoms with Crippen molar-refractivity contribution in [2.24, 2.45) is 17.8 Å². The Labute approximate surface area is 395 Å². The molecule has 1 aromatic heterocycles. The second-order valence-electron chi connectivity index (χ2n) is 19.7. The zero-order valence-electron chi connectivity index (χ0n) is 39.4. The molecule has 3 N–H and O–H groups in total. The summed E-state index contributed by atoms with van der Waals surface area (Å²) in [5.74, 6) is -3.18. The number of hydrogen-bond donors (Lipinski definition) is 3. The van der Waals surface area contributed by atoms with Gasteiger partial charge >= 0.3 is 12.3 Å². The van der Waals surface area contributed by atoms with E-state index in [2.05, 4.69) is 20.3 Å². The van der Waals surface area contributed by atoms with Gasteiger partial charge in [0.05, 0.1) is 36.5 Å². The molecule has 2 aliphatic carbocycles. The molecule has 5 aliphatic rings. The van der Waals surface area contributed by atoms with Crippen LogP contribution < -0.4 is 29.7 Å². The van der Waals surface area contributed by atoms with Crippen molar-refractivity contribution in [3.63, 3.8) is 0 Å². The number of nitrogens with one attached hydrogen (secondary N) is 3. The molecule has 3 aliphatic heterocycles. The van der Waals surface area contributed by atoms with Crippen LogP contribution in [0.4, 0.5) is 23.7 Å². The van der Waals surface area contributed by atoms with Gasteiger partial charge in [0.25, 0.3) is 5.91 Å². The third-order valence-corrected chi connectivity index (χ3v) is 17.7. The van der Waals surface area contributed by atoms with Gasteiger partial charge < -0.3 is 34.6 Å². The topological polar surface area (TPSA) is 223 Å². The maximum Gasteiger partial charge on any atom is 0.427 e. The molecule has 2 aromatic rings. The van der Waals surface area contributed by atoms with Crippen molar-refractivity contribution < 1.29 is 63.4 Å². The van der Waals surface area contributed by atoms with Crippen molar-refractivity contribution in [3.8, 4) is 11.6 Å². The normalized spacial score (nSPS) is 28.3. The number of rotatable bonds is 11. The van der Waals surface area contributed by atoms with Crippen LogP contribution in [0, 0.1) is 17.8 Å². The predicted octanol–water partition coefficient (Wildman–Crippen LogP) is 4.38. The number of aromatic nitrogens is 1. The van der Waals surface area contributed by atoms with Gasteiger partial charge in [-0.1, -0.05) is 32.4 Å². The number of carbonyl (C=O) groups is 4. The average Bonchev–Trinajstić information content (AvgIpc) is 4.15. The van der Waals surface area contributed by atoms with Crippen LogP contribution in [0.3, 0.4) is 0 Å². The van der Waals surface area contributed by atoms with Gasteiger partial charge in [0.15, 0.2) is 0 Å². The number of piperazine rings is 1. The molecule has 23 heteroatoms. The summed E-state index contributed by atoms with van der Waals surface area (Å²) in [5.41, 5.74) is -3.94. The predicted molar refractivity (Wildman–Crippen MR) is 245 cm³/mol. The summed E-state index contributed by atoms with van der Waals surface area (Å²) in [6.45, 7) is 7.60. The van der Waals surface area contributed by atoms with Gasteiger partial charge in [0.2, 0.25) is 43.3 Å². The summed E-state index contributed by atoms with van der Waals surface area (Å²) in [4.78, 5) is 65.3. The molecule has 7 atom stereocenters. The number of anilines is 1. The number of sulfonamides is 2. The standard InChI is InChI=1S/C45H62F3N7O11S2/c1-8-28-21-27(2)11-9-10-12-29-24-44(29,40(58)52-68(62,63)43(5)15-16-43)51-37(56)34-23-31(26-55(34)39(57)36(28)50-41(59)66-42(3,4)45(46,47)48)65-38-32-14-13-30(64-6)22-33(32)35(25-49-38)53-17-19-54(20-18-53)67(7,60)61/h10,12-14,22,25,27-29,31,34,36H,8-9,11,15-21,23-24,26H2,1-7H3,(H,50,59)(H,51,56)(H,52,58). The molecular formula is C45H62F3N7O11S2. The number of nitrogens with zero attached hydrogens (tertiary/aromatic N) is 4. The molecule has 4 amide bonds. The van der Waals surface area contributed by atoms with Crippen LogP contribution in [0.25, 0.3) is 10.8 Å². The lowest BCUT2D eigenvalue weighted by molar-refractivity contribution is -0.244. The highest BCUT2D eigenvalue weighted by Crippen LogP contribution is 2.48. The van der Waals surface area contributed by atoms with Crippen LogP contribution in [0.1, 0.15) is 86.0 Å². The minimum Gasteiger partial charge on any atom is -0.497 e. The number of carbonyl (C=O) groups excluding carboxylic acids is 4. The number of amides is 4. The van der Waals surface area contributed by atoms with Crippen molar-refractivity contribution in [2.45, 2.75) is 126 Å². The number of fused-ring (bicyclic) bond motifs is 3. The van der Waals surface area contributed by atoms with Gasteiger partial charge in [-0.2, -0.15) is 17.5 Å². The Morgan fingerprint density at radius 3 is 2.34 bits per heavy atom. The van der Waals surface area contributed by atoms with Gasteiger partial charge in [-0.25, -0.2) is 26.6 Å². The second-order valence-corrected chi connectivity index (χ2v) is 23.9. The van der Waals surface area contributed by atoms with Crippen molar-refractivity contribution in [3.05, 3.63) is 36.5 Å². The molecule has 0 bridgehead atoms. The summed E-state index contributed by atoms with van der Waals surface area (Å²) in [6, 6.07) is 2.36. The minimum atomic E-state index is -4.95. The highest BCUT2D eigenvalue weighted by molar-refractivity contribution is 7.91. The summed E-state index contributed by atoms with van der Waals surface area (Å²) < 4.78 is 112. The van der Waals surface area contributed by atoms with Gasteiger partial charge in [0.1, 0.15) is 29.5 Å². The molecule has 7 unspecified atom stereocenters. The summed E-state index contributed by atoms with van der Waals surface area (Å²) in [7, 11) is -6.02. The van der Waals surface area contributed by atoms with E-state index < -0.39 is 95.9 Å². The second kappa shape index (κ2) is 18.8. The van der Waals surface area contributed by atoms with Crippen LogP contribution in [-0.2, 0) is 39.2 Å². The number of ether oxygens (including phenoxy) is 3. The fourth-order valence-electron chi connectivity index (χ4n) is 9.33. The van der Waals surface area contributed by atoms with Gasteiger partial charge in [-0.05, 0) is 89.3 Å². The van der Waals surface area contributed by atoms with E-state index in [1.165, 1.54) is 23.2 Å². The third kappa shape index (κ3) is 10.5. The van der Waals surface area contributed by atoms with E-state index in [-0.39, 0.29) is 44.3 Å². The SMILES string of the molecule is CCC1CC(C)CCC=CC2CC2(C(=O)NS(=O)(=O)C2(C)CC2)NC(=O)C2CC(Oc3ncc(N4CCN(S(C)(=O)=O)CC4)c4cc(OC)ccc34)CN2C(=O)C1NC(=O)OC(C)(C)C(F)(F)F. The molecule has 4 heterocycles. The first-order valence-electron chi connectivity index (χ1n) is 23.0. The quantitative estimate of drug-likeness (QED) is 0.266. The number of alkyl halides is 3. The Kier molecular flexibility index (Phi) is 14.1. The van der Waals surface area contributed by atoms with Crippen molar-refractivity contribution in [1.29, 1.82) is 0 Å². The van der Waals surface area contributed by atoms with E-state index >= 15 is 4.79 Å². The van der Waals surface area contributed by atoms with E-state index in [4.69, 9.17) is 14.2 Å². The van der Waals surface area contributed by atoms with Crippen molar-refractivity contribution in [2.75, 3.05) is 51.0 Å². The summed E-state index contributed by atoms with van der Waals surface area (Å²) in [5, 5.41) is 6.44. The number of hydrogen-bond acceptors (Lipinski definition) is 13. The van der Waals surface area contributed by atoms with Gasteiger partial charge in [0, 0.05) is 49.3 Å². The Morgan fingerprint density at radius 2 is 1.72 bits per heavy atom. The Bertz CT molecular complexity index is 2550. The molecule has 376 valence electrons. The lowest BCUT2D eigenvalue weighted by Gasteiger charge is -2.35. The minimum absolute atomic E-state index is 0.0686. The first kappa shape index (κ1) is 51.0. The lowest BCUT2D eigenvalue weighted by Crippen LogP contribution is -2.60. The molecule has 0 radical (unpaired) electrons. The average molecular weight is 998 g/mol. The van der Waals surface area contributed by atoms with Crippen molar-refractivity contribution >= 4 is 60.3 Å². The van der Waals surface area contributed by atoms with Crippen molar-refractivity contribution in [1.82, 2.24) is 29.5 Å². The molecule has 0 spiro atoms. The number of methoxy groups -OCH3 is 1. The van der Waals surface area contributed by atoms with Gasteiger partial charge in [-0.3, -0.25) is 19.1 Å². The molecule has 7 rings (SSSR count). The fourth-order valence-corrected chi connectivity index (χ4v) is 11.5. The fraction of sp³-hybridized carbons (Fsp3) is 0.667. The smallest absolute Gasteiger partial charge is 0.427 e. The third-order valence-electron chi connectivity index (χ3n) is 14.3. The number of allylic oxidation sites excluding steroid dienone is 1. The van der Waals surface area contributed by atoms with Crippen LogP contribution in [0.15, 0.2) is 36.5 Å². The van der Waals surface area contributed by atoms with E-state index in [0.29, 0.717) is 87.7 Å². The number of alkyl carbamates (subject to hydrolysis) is 1. The lowest BCUT2D eigenvalue weighted by atomic mass is 9.85. The van der Waals surface area contributed by atoms with Crippen LogP contribution in [0.5, 0.6) is 11.6 Å². The van der Waals surface area contributed by atoms with E-state index in [0.717, 1.165) is 6.26 Å². The maximum absolute atomic E-state index is 15.1. The molecule has 2 saturated heterocycles. The first-order chi connectivity index (χ1) is 31.7. The number of benzene rings is 1. The largest absolute Gasteiger partial charge is 0.497 e. The Morgan fingerprint density at radius 1 is 1.03 bits per heavy atom. The van der Waals surface area contributed by atoms with Gasteiger partial charge in [-0.15, -0.1) is 0 Å². The van der Waals surface area contributed by atoms with Crippen LogP contribution in [-0.4, -0.2) is 141 Å². The first-order valence-corrected chi connectivity index (χ1v) is 26.3. The number of pyridine rings is 1. The molecule has 2 saturated carbocycles. The Balaban J connectivity index is 1.25. The van der Waals surface area contributed by atoms with E-state index in [9.17, 15) is 44.4 Å². The molecule has 18 nitrogen and oxygen atoms in total. The maximum atomic E-state index is 15.1. The van der Waals surface area contributed by atoms with Crippen LogP contribution >= 0.6 is 0 Å². The zero-order chi connectivity index (χ0) is 49.8. The highest BCUT2D eigenvalue weighted by Gasteiger charge is 2.63. The number of halogens is 3. The molecule has 1 aromatic carbocycles. The zero-order valence-corrected chi connectivity index (χ0v) is 41.0. The highest BCUT2D eigenvalue weighted by atomic mass is 32.2. The van der Waals surface area contributed by atoms with Crippen LogP contribution in [0.2, 0.25) is 0 Å². The summed E-state index contributed by atoms with van der Waals surface area (Å²) in [6.07, 6.45) is 1.37. The monoisotopic (exact) mass is 997 g/mol. The van der Waals surface area contributed by atoms with E-state index in [1.807, 2.05) is 17.9 Å². The molecular weight excluding hydrogens is 936 g/mol. The summed E-state index contributed by atoms with van der Waals surface area (Å²) >= 11 is 0. The Hall–Kier alpha value is -4.90. The molecule has 4 fully saturated rings. The molecule has 68 heavy (non-hydrogen) atoms. The van der Waals surface area contributed by atoms with E-state index in [1.54, 1.807) is 37.4 Å².